The van der Waals surface area contributed by atoms with E-state index in [4.69, 9.17) is 21.7 Å². The average molecular weight is 397 g/mol. The van der Waals surface area contributed by atoms with Gasteiger partial charge in [-0.1, -0.05) is 19.1 Å². The summed E-state index contributed by atoms with van der Waals surface area (Å²) in [6, 6.07) is 15.5. The molecule has 0 fully saturated rings. The Bertz CT molecular complexity index is 990. The molecule has 1 N–H and O–H groups in total. The molecule has 0 aliphatic rings. The molecule has 3 aromatic rings. The highest BCUT2D eigenvalue weighted by atomic mass is 32.1. The number of rotatable bonds is 8. The van der Waals surface area contributed by atoms with Crippen LogP contribution in [0.4, 0.5) is 0 Å². The van der Waals surface area contributed by atoms with E-state index >= 15 is 0 Å². The van der Waals surface area contributed by atoms with Gasteiger partial charge < -0.3 is 9.47 Å². The lowest BCUT2D eigenvalue weighted by Gasteiger charge is -2.10. The number of H-pyrrole nitrogens is 1. The van der Waals surface area contributed by atoms with Gasteiger partial charge in [-0.25, -0.2) is 5.10 Å². The highest BCUT2D eigenvalue weighted by Crippen LogP contribution is 2.23. The highest BCUT2D eigenvalue weighted by Gasteiger charge is 2.09. The van der Waals surface area contributed by atoms with Crippen LogP contribution in [0.3, 0.4) is 0 Å². The molecule has 0 saturated heterocycles. The molecule has 0 bridgehead atoms. The molecule has 7 heteroatoms. The highest BCUT2D eigenvalue weighted by molar-refractivity contribution is 7.71. The summed E-state index contributed by atoms with van der Waals surface area (Å²) >= 11 is 5.34. The zero-order valence-corrected chi connectivity index (χ0v) is 17.1. The van der Waals surface area contributed by atoms with Crippen molar-refractivity contribution in [1.29, 1.82) is 0 Å². The van der Waals surface area contributed by atoms with Crippen LogP contribution in [0.25, 0.3) is 11.4 Å². The Hall–Kier alpha value is -2.93. The van der Waals surface area contributed by atoms with Crippen LogP contribution in [-0.4, -0.2) is 33.8 Å². The molecule has 0 unspecified atom stereocenters. The van der Waals surface area contributed by atoms with E-state index in [2.05, 4.69) is 22.2 Å². The van der Waals surface area contributed by atoms with Gasteiger partial charge in [-0.15, -0.1) is 0 Å². The topological polar surface area (TPSA) is 64.4 Å². The second kappa shape index (κ2) is 9.32. The first kappa shape index (κ1) is 19.8. The average Bonchev–Trinajstić information content (AvgIpc) is 3.06. The van der Waals surface area contributed by atoms with Gasteiger partial charge in [0, 0.05) is 5.56 Å². The molecule has 0 radical (unpaired) electrons. The smallest absolute Gasteiger partial charge is 0.216 e. The summed E-state index contributed by atoms with van der Waals surface area (Å²) in [7, 11) is 0. The van der Waals surface area contributed by atoms with Crippen LogP contribution in [0.15, 0.2) is 53.6 Å². The first-order valence-electron chi connectivity index (χ1n) is 9.28. The minimum atomic E-state index is 0.0957. The predicted octanol–water partition coefficient (Wildman–Crippen LogP) is 5.07. The second-order valence-electron chi connectivity index (χ2n) is 6.52. The maximum atomic E-state index is 5.77. The zero-order valence-electron chi connectivity index (χ0n) is 16.3. The number of aromatic amines is 1. The van der Waals surface area contributed by atoms with Crippen LogP contribution in [0.1, 0.15) is 32.8 Å². The van der Waals surface area contributed by atoms with Crippen molar-refractivity contribution in [3.8, 4) is 22.9 Å². The predicted molar refractivity (Wildman–Crippen MR) is 114 cm³/mol. The van der Waals surface area contributed by atoms with Gasteiger partial charge in [-0.2, -0.15) is 14.9 Å². The summed E-state index contributed by atoms with van der Waals surface area (Å²) in [4.78, 5) is 0. The van der Waals surface area contributed by atoms with E-state index in [0.717, 1.165) is 29.0 Å². The van der Waals surface area contributed by atoms with Crippen molar-refractivity contribution in [3.63, 3.8) is 0 Å². The minimum absolute atomic E-state index is 0.0957. The normalized spacial score (nSPS) is 11.3. The maximum Gasteiger partial charge on any atom is 0.216 e. The zero-order chi connectivity index (χ0) is 19.9. The minimum Gasteiger partial charge on any atom is -0.494 e. The van der Waals surface area contributed by atoms with E-state index in [1.165, 1.54) is 0 Å². The van der Waals surface area contributed by atoms with E-state index in [0.29, 0.717) is 17.2 Å². The summed E-state index contributed by atoms with van der Waals surface area (Å²) in [5.41, 5.74) is 1.81. The third kappa shape index (κ3) is 5.07. The molecular weight excluding hydrogens is 372 g/mol. The van der Waals surface area contributed by atoms with Crippen molar-refractivity contribution in [1.82, 2.24) is 14.9 Å². The lowest BCUT2D eigenvalue weighted by molar-refractivity contribution is 0.242. The Balaban J connectivity index is 1.83. The summed E-state index contributed by atoms with van der Waals surface area (Å²) in [6.45, 7) is 6.77. The first-order valence-corrected chi connectivity index (χ1v) is 9.69. The van der Waals surface area contributed by atoms with Gasteiger partial charge in [0.25, 0.3) is 0 Å². The number of ether oxygens (including phenoxy) is 2. The van der Waals surface area contributed by atoms with Gasteiger partial charge in [0.05, 0.1) is 18.9 Å². The first-order chi connectivity index (χ1) is 13.6. The van der Waals surface area contributed by atoms with E-state index in [-0.39, 0.29) is 6.10 Å². The lowest BCUT2D eigenvalue weighted by Crippen LogP contribution is -2.05. The molecule has 146 valence electrons. The van der Waals surface area contributed by atoms with Crippen LogP contribution in [0.5, 0.6) is 11.5 Å². The SMILES string of the molecule is CCCOc1ccc(C=Nn2c(-c3cccc(OC(C)C)c3)n[nH]c2=S)cc1. The molecule has 0 spiro atoms. The molecule has 0 saturated carbocycles. The Morgan fingerprint density at radius 2 is 1.96 bits per heavy atom. The molecule has 6 nitrogen and oxygen atoms in total. The van der Waals surface area contributed by atoms with Gasteiger partial charge in [0.1, 0.15) is 11.5 Å². The van der Waals surface area contributed by atoms with Gasteiger partial charge in [0.15, 0.2) is 5.82 Å². The number of hydrogen-bond donors (Lipinski definition) is 1. The van der Waals surface area contributed by atoms with Crippen LogP contribution in [0, 0.1) is 4.77 Å². The second-order valence-corrected chi connectivity index (χ2v) is 6.91. The molecule has 3 rings (SSSR count). The number of nitrogens with one attached hydrogen (secondary N) is 1. The van der Waals surface area contributed by atoms with Crippen LogP contribution in [-0.2, 0) is 0 Å². The number of benzene rings is 2. The molecule has 0 atom stereocenters. The summed E-state index contributed by atoms with van der Waals surface area (Å²) in [5.74, 6) is 2.25. The van der Waals surface area contributed by atoms with E-state index in [1.54, 1.807) is 10.9 Å². The number of aromatic nitrogens is 3. The lowest BCUT2D eigenvalue weighted by atomic mass is 10.2. The van der Waals surface area contributed by atoms with Crippen molar-refractivity contribution in [2.75, 3.05) is 6.61 Å². The van der Waals surface area contributed by atoms with Crippen molar-refractivity contribution >= 4 is 18.4 Å². The van der Waals surface area contributed by atoms with Crippen molar-refractivity contribution in [2.24, 2.45) is 5.10 Å². The van der Waals surface area contributed by atoms with Gasteiger partial charge in [0.2, 0.25) is 4.77 Å². The molecule has 0 amide bonds. The number of hydrogen-bond acceptors (Lipinski definition) is 5. The van der Waals surface area contributed by atoms with E-state index in [9.17, 15) is 0 Å². The third-order valence-electron chi connectivity index (χ3n) is 3.79. The monoisotopic (exact) mass is 396 g/mol. The van der Waals surface area contributed by atoms with E-state index < -0.39 is 0 Å². The molecule has 0 aliphatic heterocycles. The molecule has 28 heavy (non-hydrogen) atoms. The van der Waals surface area contributed by atoms with Crippen LogP contribution >= 0.6 is 12.2 Å². The fourth-order valence-electron chi connectivity index (χ4n) is 2.56. The number of nitrogens with zero attached hydrogens (tertiary/aromatic N) is 3. The molecule has 1 heterocycles. The fourth-order valence-corrected chi connectivity index (χ4v) is 2.74. The Kier molecular flexibility index (Phi) is 6.60. The summed E-state index contributed by atoms with van der Waals surface area (Å²) in [5, 5.41) is 11.6. The molecule has 2 aromatic carbocycles. The summed E-state index contributed by atoms with van der Waals surface area (Å²) in [6.07, 6.45) is 2.82. The summed E-state index contributed by atoms with van der Waals surface area (Å²) < 4.78 is 13.4. The van der Waals surface area contributed by atoms with Crippen LogP contribution in [0.2, 0.25) is 0 Å². The maximum absolute atomic E-state index is 5.77. The fraction of sp³-hybridized carbons (Fsp3) is 0.286. The Morgan fingerprint density at radius 3 is 2.68 bits per heavy atom. The molecule has 1 aromatic heterocycles. The third-order valence-corrected chi connectivity index (χ3v) is 4.05. The van der Waals surface area contributed by atoms with Gasteiger partial charge in [-0.3, -0.25) is 0 Å². The van der Waals surface area contributed by atoms with Crippen molar-refractivity contribution in [3.05, 3.63) is 58.9 Å². The van der Waals surface area contributed by atoms with Crippen LogP contribution < -0.4 is 9.47 Å². The standard InChI is InChI=1S/C21H24N4O2S/c1-4-12-26-18-10-8-16(9-11-18)14-22-25-20(23-24-21(25)28)17-6-5-7-19(13-17)27-15(2)3/h5-11,13-15H,4,12H2,1-3H3,(H,24,28). The van der Waals surface area contributed by atoms with E-state index in [1.807, 2.05) is 62.4 Å². The van der Waals surface area contributed by atoms with Gasteiger partial charge >= 0.3 is 0 Å². The quantitative estimate of drug-likeness (QED) is 0.427. The molecular formula is C21H24N4O2S. The Labute approximate surface area is 169 Å². The molecule has 0 aliphatic carbocycles. The van der Waals surface area contributed by atoms with Crippen molar-refractivity contribution in [2.45, 2.75) is 33.3 Å². The largest absolute Gasteiger partial charge is 0.494 e. The Morgan fingerprint density at radius 1 is 1.18 bits per heavy atom. The van der Waals surface area contributed by atoms with Gasteiger partial charge in [-0.05, 0) is 74.4 Å². The van der Waals surface area contributed by atoms with Crippen molar-refractivity contribution < 1.29 is 9.47 Å².